The zero-order valence-corrected chi connectivity index (χ0v) is 15.7. The fourth-order valence-electron chi connectivity index (χ4n) is 4.73. The summed E-state index contributed by atoms with van der Waals surface area (Å²) in [6.45, 7) is 2.16. The van der Waals surface area contributed by atoms with Crippen molar-refractivity contribution in [2.75, 3.05) is 13.1 Å². The van der Waals surface area contributed by atoms with Crippen LogP contribution in [0.4, 0.5) is 4.39 Å². The van der Waals surface area contributed by atoms with E-state index < -0.39 is 0 Å². The fourth-order valence-corrected chi connectivity index (χ4v) is 4.73. The Balaban J connectivity index is 1.29. The van der Waals surface area contributed by atoms with Crippen molar-refractivity contribution >= 4 is 11.0 Å². The average Bonchev–Trinajstić information content (AvgIpc) is 3.23. The van der Waals surface area contributed by atoms with Gasteiger partial charge in [-0.15, -0.1) is 0 Å². The number of halogens is 1. The summed E-state index contributed by atoms with van der Waals surface area (Å²) in [7, 11) is 0. The van der Waals surface area contributed by atoms with Gasteiger partial charge in [-0.2, -0.15) is 0 Å². The van der Waals surface area contributed by atoms with Crippen molar-refractivity contribution in [1.29, 1.82) is 0 Å². The smallest absolute Gasteiger partial charge is 0.198 e. The van der Waals surface area contributed by atoms with Crippen molar-refractivity contribution in [2.45, 2.75) is 51.1 Å². The minimum atomic E-state index is -0.320. The number of aromatic hydroxyl groups is 2. The minimum absolute atomic E-state index is 0.221. The van der Waals surface area contributed by atoms with Crippen molar-refractivity contribution in [2.24, 2.45) is 0 Å². The highest BCUT2D eigenvalue weighted by molar-refractivity contribution is 5.79. The van der Waals surface area contributed by atoms with E-state index in [1.807, 2.05) is 0 Å². The molecule has 0 atom stereocenters. The van der Waals surface area contributed by atoms with Crippen molar-refractivity contribution in [1.82, 2.24) is 14.6 Å². The van der Waals surface area contributed by atoms with E-state index in [2.05, 4.69) is 10.1 Å². The topological polar surface area (TPSA) is 74.7 Å². The Labute approximate surface area is 162 Å². The lowest BCUT2D eigenvalue weighted by atomic mass is 9.92. The van der Waals surface area contributed by atoms with Gasteiger partial charge in [0, 0.05) is 41.6 Å². The van der Waals surface area contributed by atoms with E-state index in [1.165, 1.54) is 12.1 Å². The van der Waals surface area contributed by atoms with Crippen LogP contribution in [-0.2, 0) is 19.5 Å². The molecule has 0 spiro atoms. The summed E-state index contributed by atoms with van der Waals surface area (Å²) in [4.78, 5) is 2.24. The minimum Gasteiger partial charge on any atom is -0.494 e. The van der Waals surface area contributed by atoms with Crippen LogP contribution in [0.15, 0.2) is 22.7 Å². The van der Waals surface area contributed by atoms with E-state index in [1.54, 1.807) is 10.6 Å². The summed E-state index contributed by atoms with van der Waals surface area (Å²) in [6.07, 6.45) is 5.60. The largest absolute Gasteiger partial charge is 0.494 e. The molecule has 0 amide bonds. The molecule has 0 radical (unpaired) electrons. The molecular formula is C21H24FN3O3. The molecule has 1 aromatic carbocycles. The highest BCUT2D eigenvalue weighted by Gasteiger charge is 2.28. The first-order valence-corrected chi connectivity index (χ1v) is 10.0. The highest BCUT2D eigenvalue weighted by atomic mass is 19.1. The van der Waals surface area contributed by atoms with Crippen LogP contribution < -0.4 is 0 Å². The second kappa shape index (κ2) is 6.81. The summed E-state index contributed by atoms with van der Waals surface area (Å²) in [5.41, 5.74) is 3.22. The third-order valence-corrected chi connectivity index (χ3v) is 6.30. The summed E-state index contributed by atoms with van der Waals surface area (Å²) in [6, 6.07) is 4.56. The van der Waals surface area contributed by atoms with Crippen LogP contribution in [0.3, 0.4) is 0 Å². The van der Waals surface area contributed by atoms with Crippen molar-refractivity contribution in [3.63, 3.8) is 0 Å². The third kappa shape index (κ3) is 2.85. The number of hydrogen-bond donors (Lipinski definition) is 2. The number of rotatable bonds is 3. The van der Waals surface area contributed by atoms with Gasteiger partial charge in [0.25, 0.3) is 0 Å². The van der Waals surface area contributed by atoms with Gasteiger partial charge in [0.2, 0.25) is 0 Å². The SMILES string of the molecule is Oc1c2c(c(O)n1CN1CCC(c3noc4cc(F)ccc34)CC1)CCCC2. The van der Waals surface area contributed by atoms with Gasteiger partial charge < -0.3 is 14.7 Å². The standard InChI is InChI=1S/C21H24FN3O3/c22-14-5-6-17-18(11-14)28-23-19(17)13-7-9-24(10-8-13)12-25-20(26)15-3-1-2-4-16(15)21(25)27/h5-6,11,13,26-27H,1-4,7-10,12H2. The molecule has 2 aromatic heterocycles. The lowest BCUT2D eigenvalue weighted by molar-refractivity contribution is 0.154. The zero-order chi connectivity index (χ0) is 19.3. The molecule has 0 bridgehead atoms. The Morgan fingerprint density at radius 3 is 2.43 bits per heavy atom. The van der Waals surface area contributed by atoms with Crippen LogP contribution >= 0.6 is 0 Å². The summed E-state index contributed by atoms with van der Waals surface area (Å²) in [5.74, 6) is 0.389. The molecule has 1 fully saturated rings. The molecule has 28 heavy (non-hydrogen) atoms. The van der Waals surface area contributed by atoms with Gasteiger partial charge in [0.15, 0.2) is 17.3 Å². The first-order valence-electron chi connectivity index (χ1n) is 10.0. The Kier molecular flexibility index (Phi) is 4.27. The number of benzene rings is 1. The number of piperidine rings is 1. The predicted molar refractivity (Wildman–Crippen MR) is 102 cm³/mol. The number of nitrogens with zero attached hydrogens (tertiary/aromatic N) is 3. The molecular weight excluding hydrogens is 361 g/mol. The second-order valence-electron chi connectivity index (χ2n) is 7.98. The van der Waals surface area contributed by atoms with E-state index in [-0.39, 0.29) is 23.5 Å². The van der Waals surface area contributed by atoms with Crippen molar-refractivity contribution < 1.29 is 19.1 Å². The first kappa shape index (κ1) is 17.6. The van der Waals surface area contributed by atoms with Crippen molar-refractivity contribution in [3.05, 3.63) is 40.8 Å². The van der Waals surface area contributed by atoms with E-state index in [0.717, 1.165) is 73.8 Å². The highest BCUT2D eigenvalue weighted by Crippen LogP contribution is 2.39. The molecule has 0 unspecified atom stereocenters. The number of hydrogen-bond acceptors (Lipinski definition) is 5. The van der Waals surface area contributed by atoms with Gasteiger partial charge in [-0.3, -0.25) is 9.47 Å². The Morgan fingerprint density at radius 1 is 1.07 bits per heavy atom. The van der Waals surface area contributed by atoms with Gasteiger partial charge in [-0.05, 0) is 50.7 Å². The molecule has 2 aliphatic rings. The number of fused-ring (bicyclic) bond motifs is 2. The maximum absolute atomic E-state index is 13.4. The lowest BCUT2D eigenvalue weighted by Crippen LogP contribution is -2.34. The predicted octanol–water partition coefficient (Wildman–Crippen LogP) is 3.90. The third-order valence-electron chi connectivity index (χ3n) is 6.30. The van der Waals surface area contributed by atoms with Gasteiger partial charge in [0.1, 0.15) is 5.82 Å². The van der Waals surface area contributed by atoms with E-state index >= 15 is 0 Å². The summed E-state index contributed by atoms with van der Waals surface area (Å²) in [5, 5.41) is 26.2. The van der Waals surface area contributed by atoms with Crippen LogP contribution in [0.5, 0.6) is 11.8 Å². The number of likely N-dealkylation sites (tertiary alicyclic amines) is 1. The molecule has 148 valence electrons. The molecule has 5 rings (SSSR count). The van der Waals surface area contributed by atoms with E-state index in [0.29, 0.717) is 12.3 Å². The molecule has 2 N–H and O–H groups in total. The average molecular weight is 385 g/mol. The molecule has 1 saturated heterocycles. The van der Waals surface area contributed by atoms with Crippen LogP contribution in [0.25, 0.3) is 11.0 Å². The Hall–Kier alpha value is -2.54. The van der Waals surface area contributed by atoms with E-state index in [9.17, 15) is 14.6 Å². The van der Waals surface area contributed by atoms with E-state index in [4.69, 9.17) is 4.52 Å². The Morgan fingerprint density at radius 2 is 1.75 bits per heavy atom. The normalized spacial score (nSPS) is 18.6. The molecule has 3 heterocycles. The lowest BCUT2D eigenvalue weighted by Gasteiger charge is -2.31. The monoisotopic (exact) mass is 385 g/mol. The molecule has 6 nitrogen and oxygen atoms in total. The van der Waals surface area contributed by atoms with Crippen LogP contribution in [0.1, 0.15) is 48.4 Å². The van der Waals surface area contributed by atoms with Gasteiger partial charge >= 0.3 is 0 Å². The number of aromatic nitrogens is 2. The maximum Gasteiger partial charge on any atom is 0.198 e. The summed E-state index contributed by atoms with van der Waals surface area (Å²) >= 11 is 0. The molecule has 1 aliphatic carbocycles. The first-order chi connectivity index (χ1) is 13.6. The fraction of sp³-hybridized carbons (Fsp3) is 0.476. The van der Waals surface area contributed by atoms with Crippen LogP contribution in [0.2, 0.25) is 0 Å². The van der Waals surface area contributed by atoms with Crippen LogP contribution in [0, 0.1) is 5.82 Å². The van der Waals surface area contributed by atoms with Gasteiger partial charge in [-0.1, -0.05) is 5.16 Å². The summed E-state index contributed by atoms with van der Waals surface area (Å²) < 4.78 is 20.3. The second-order valence-corrected chi connectivity index (χ2v) is 7.98. The van der Waals surface area contributed by atoms with Crippen LogP contribution in [-0.4, -0.2) is 37.9 Å². The van der Waals surface area contributed by atoms with Crippen molar-refractivity contribution in [3.8, 4) is 11.8 Å². The molecule has 0 saturated carbocycles. The molecule has 1 aliphatic heterocycles. The quantitative estimate of drug-likeness (QED) is 0.715. The Bertz CT molecular complexity index is 988. The zero-order valence-electron chi connectivity index (χ0n) is 15.7. The van der Waals surface area contributed by atoms with Gasteiger partial charge in [0.05, 0.1) is 12.4 Å². The maximum atomic E-state index is 13.4. The molecule has 7 heteroatoms. The molecule has 3 aromatic rings. The van der Waals surface area contributed by atoms with Gasteiger partial charge in [-0.25, -0.2) is 4.39 Å².